The maximum atomic E-state index is 12.9. The van der Waals surface area contributed by atoms with Gasteiger partial charge in [-0.3, -0.25) is 4.90 Å². The number of benzene rings is 1. The van der Waals surface area contributed by atoms with Crippen LogP contribution >= 0.6 is 0 Å². The van der Waals surface area contributed by atoms with Crippen molar-refractivity contribution >= 4 is 11.9 Å². The van der Waals surface area contributed by atoms with Gasteiger partial charge in [-0.2, -0.15) is 0 Å². The van der Waals surface area contributed by atoms with Crippen LogP contribution in [0.5, 0.6) is 5.75 Å². The number of carbonyl (C=O) groups is 1. The summed E-state index contributed by atoms with van der Waals surface area (Å²) in [5.41, 5.74) is 0.796. The number of nitrogens with zero attached hydrogens (tertiary/aromatic N) is 1. The molecule has 36 heavy (non-hydrogen) atoms. The Morgan fingerprint density at radius 1 is 1.00 bits per heavy atom. The van der Waals surface area contributed by atoms with E-state index in [1.807, 2.05) is 26.0 Å². The van der Waals surface area contributed by atoms with E-state index in [4.69, 9.17) is 18.9 Å². The lowest BCUT2D eigenvalue weighted by Crippen LogP contribution is -2.45. The van der Waals surface area contributed by atoms with Gasteiger partial charge in [-0.25, -0.2) is 9.59 Å². The number of hydrogen-bond acceptors (Lipinski definition) is 10. The van der Waals surface area contributed by atoms with E-state index >= 15 is 0 Å². The van der Waals surface area contributed by atoms with E-state index in [2.05, 4.69) is 20.9 Å². The molecule has 1 aliphatic rings. The SMILES string of the molecule is CCOC(CC)(OC(=C=O)CC)Oc1ccc(C(C(=O)OC)N2CCNCCNCCNCC2)cc1. The molecule has 1 saturated heterocycles. The van der Waals surface area contributed by atoms with Gasteiger partial charge in [-0.05, 0) is 24.6 Å². The number of esters is 1. The van der Waals surface area contributed by atoms with Gasteiger partial charge >= 0.3 is 11.9 Å². The number of ether oxygens (including phenoxy) is 4. The summed E-state index contributed by atoms with van der Waals surface area (Å²) in [6.07, 6.45) is 0.722. The highest BCUT2D eigenvalue weighted by molar-refractivity contribution is 5.77. The third-order valence-electron chi connectivity index (χ3n) is 5.88. The third-order valence-corrected chi connectivity index (χ3v) is 5.88. The average molecular weight is 507 g/mol. The first kappa shape index (κ1) is 29.8. The van der Waals surface area contributed by atoms with E-state index in [0.717, 1.165) is 44.8 Å². The van der Waals surface area contributed by atoms with Crippen LogP contribution in [0.15, 0.2) is 30.0 Å². The molecule has 10 nitrogen and oxygen atoms in total. The molecule has 0 spiro atoms. The van der Waals surface area contributed by atoms with Crippen LogP contribution in [0, 0.1) is 0 Å². The monoisotopic (exact) mass is 506 g/mol. The predicted molar refractivity (Wildman–Crippen MR) is 137 cm³/mol. The molecule has 0 saturated carbocycles. The standard InChI is InChI=1S/C26H42N4O6/c1-5-22(20-31)35-26(6-2,34-7-3)36-23-10-8-21(9-11-23)24(25(32)33-4)30-18-16-28-14-12-27-13-15-29-17-19-30/h8-11,24,27-29H,5-7,12-19H2,1-4H3. The highest BCUT2D eigenvalue weighted by Crippen LogP contribution is 2.29. The number of allylic oxidation sites excluding steroid dienone is 1. The Hall–Kier alpha value is -2.46. The Morgan fingerprint density at radius 3 is 2.06 bits per heavy atom. The molecule has 1 aromatic carbocycles. The molecule has 1 heterocycles. The molecule has 2 unspecified atom stereocenters. The van der Waals surface area contributed by atoms with Crippen molar-refractivity contribution in [3.05, 3.63) is 35.6 Å². The van der Waals surface area contributed by atoms with Gasteiger partial charge in [0.1, 0.15) is 11.8 Å². The molecule has 2 atom stereocenters. The van der Waals surface area contributed by atoms with Gasteiger partial charge in [0, 0.05) is 58.8 Å². The molecular formula is C26H42N4O6. The van der Waals surface area contributed by atoms with E-state index in [1.165, 1.54) is 7.11 Å². The zero-order valence-corrected chi connectivity index (χ0v) is 22.1. The highest BCUT2D eigenvalue weighted by atomic mass is 16.9. The second kappa shape index (κ2) is 16.3. The van der Waals surface area contributed by atoms with Crippen molar-refractivity contribution < 1.29 is 28.5 Å². The first-order valence-electron chi connectivity index (χ1n) is 12.8. The normalized spacial score (nSPS) is 18.4. The van der Waals surface area contributed by atoms with Crippen LogP contribution < -0.4 is 20.7 Å². The summed E-state index contributed by atoms with van der Waals surface area (Å²) in [6.45, 7) is 12.2. The van der Waals surface area contributed by atoms with E-state index in [-0.39, 0.29) is 11.7 Å². The number of nitrogens with one attached hydrogen (secondary N) is 3. The summed E-state index contributed by atoms with van der Waals surface area (Å²) in [4.78, 5) is 26.2. The molecule has 2 rings (SSSR count). The van der Waals surface area contributed by atoms with Gasteiger partial charge in [-0.15, -0.1) is 0 Å². The van der Waals surface area contributed by atoms with Gasteiger partial charge in [0.2, 0.25) is 0 Å². The summed E-state index contributed by atoms with van der Waals surface area (Å²) in [7, 11) is 1.41. The molecule has 0 amide bonds. The quantitative estimate of drug-likeness (QED) is 0.177. The maximum Gasteiger partial charge on any atom is 0.371 e. The molecule has 10 heteroatoms. The molecule has 202 valence electrons. The third kappa shape index (κ3) is 9.20. The molecule has 0 radical (unpaired) electrons. The van der Waals surface area contributed by atoms with Crippen molar-refractivity contribution in [1.82, 2.24) is 20.9 Å². The van der Waals surface area contributed by atoms with Crippen LogP contribution in [-0.4, -0.2) is 88.9 Å². The zero-order valence-electron chi connectivity index (χ0n) is 22.1. The van der Waals surface area contributed by atoms with Crippen molar-refractivity contribution in [3.63, 3.8) is 0 Å². The summed E-state index contributed by atoms with van der Waals surface area (Å²) >= 11 is 0. The predicted octanol–water partition coefficient (Wildman–Crippen LogP) is 1.61. The Morgan fingerprint density at radius 2 is 1.58 bits per heavy atom. The fourth-order valence-corrected chi connectivity index (χ4v) is 3.95. The summed E-state index contributed by atoms with van der Waals surface area (Å²) < 4.78 is 22.8. The molecule has 0 bridgehead atoms. The average Bonchev–Trinajstić information content (AvgIpc) is 2.89. The molecule has 1 aromatic rings. The minimum atomic E-state index is -1.44. The van der Waals surface area contributed by atoms with Gasteiger partial charge in [0.15, 0.2) is 11.7 Å². The Bertz CT molecular complexity index is 818. The second-order valence-corrected chi connectivity index (χ2v) is 8.33. The number of methoxy groups -OCH3 is 1. The first-order chi connectivity index (χ1) is 17.5. The molecular weight excluding hydrogens is 464 g/mol. The fraction of sp³-hybridized carbons (Fsp3) is 0.654. The van der Waals surface area contributed by atoms with Gasteiger partial charge in [-0.1, -0.05) is 26.0 Å². The van der Waals surface area contributed by atoms with Crippen LogP contribution in [0.4, 0.5) is 0 Å². The minimum absolute atomic E-state index is 0.126. The van der Waals surface area contributed by atoms with Crippen molar-refractivity contribution in [2.75, 3.05) is 66.1 Å². The van der Waals surface area contributed by atoms with E-state index in [1.54, 1.807) is 25.0 Å². The van der Waals surface area contributed by atoms with Gasteiger partial charge < -0.3 is 34.9 Å². The Labute approximate surface area is 214 Å². The van der Waals surface area contributed by atoms with E-state index in [0.29, 0.717) is 38.3 Å². The highest BCUT2D eigenvalue weighted by Gasteiger charge is 2.36. The number of rotatable bonds is 11. The van der Waals surface area contributed by atoms with Crippen LogP contribution in [0.1, 0.15) is 45.2 Å². The molecule has 1 aliphatic heterocycles. The largest absolute Gasteiger partial charge is 0.468 e. The summed E-state index contributed by atoms with van der Waals surface area (Å²) in [6, 6.07) is 6.68. The molecule has 0 aromatic heterocycles. The van der Waals surface area contributed by atoms with Crippen molar-refractivity contribution in [2.45, 2.75) is 45.6 Å². The van der Waals surface area contributed by atoms with E-state index in [9.17, 15) is 9.59 Å². The van der Waals surface area contributed by atoms with Crippen molar-refractivity contribution in [3.8, 4) is 5.75 Å². The molecule has 1 fully saturated rings. The smallest absolute Gasteiger partial charge is 0.371 e. The summed E-state index contributed by atoms with van der Waals surface area (Å²) in [5, 5.41) is 10.2. The number of hydrogen-bond donors (Lipinski definition) is 3. The second-order valence-electron chi connectivity index (χ2n) is 8.33. The summed E-state index contributed by atoms with van der Waals surface area (Å²) in [5.74, 6) is 0.661. The Kier molecular flexibility index (Phi) is 13.5. The zero-order chi connectivity index (χ0) is 26.2. The van der Waals surface area contributed by atoms with Crippen LogP contribution in [0.2, 0.25) is 0 Å². The number of carbonyl (C=O) groups excluding carboxylic acids is 2. The lowest BCUT2D eigenvalue weighted by molar-refractivity contribution is -0.327. The van der Waals surface area contributed by atoms with Crippen molar-refractivity contribution in [1.29, 1.82) is 0 Å². The van der Waals surface area contributed by atoms with Gasteiger partial charge in [0.25, 0.3) is 0 Å². The Balaban J connectivity index is 2.24. The lowest BCUT2D eigenvalue weighted by Gasteiger charge is -2.33. The van der Waals surface area contributed by atoms with Crippen LogP contribution in [-0.2, 0) is 23.8 Å². The van der Waals surface area contributed by atoms with E-state index < -0.39 is 12.0 Å². The van der Waals surface area contributed by atoms with Crippen LogP contribution in [0.3, 0.4) is 0 Å². The maximum absolute atomic E-state index is 12.9. The minimum Gasteiger partial charge on any atom is -0.468 e. The fourth-order valence-electron chi connectivity index (χ4n) is 3.95. The molecule has 3 N–H and O–H groups in total. The van der Waals surface area contributed by atoms with Crippen LogP contribution in [0.25, 0.3) is 0 Å². The first-order valence-corrected chi connectivity index (χ1v) is 12.8. The van der Waals surface area contributed by atoms with Gasteiger partial charge in [0.05, 0.1) is 20.1 Å². The lowest BCUT2D eigenvalue weighted by atomic mass is 10.0. The topological polar surface area (TPSA) is 110 Å². The van der Waals surface area contributed by atoms with Crippen molar-refractivity contribution in [2.24, 2.45) is 0 Å². The molecule has 0 aliphatic carbocycles.